The van der Waals surface area contributed by atoms with Crippen LogP contribution in [0.3, 0.4) is 0 Å². The SMILES string of the molecule is C=C(C=CC(=O)O)C(=O)NC(CC)S(=O)(=O)O. The van der Waals surface area contributed by atoms with E-state index < -0.39 is 27.4 Å². The maximum Gasteiger partial charge on any atom is 0.328 e. The fourth-order valence-corrected chi connectivity index (χ4v) is 1.55. The molecule has 7 nitrogen and oxygen atoms in total. The molecular formula is C9H13NO6S. The van der Waals surface area contributed by atoms with E-state index in [1.807, 2.05) is 5.32 Å². The number of amides is 1. The molecule has 0 aliphatic rings. The molecule has 0 spiro atoms. The van der Waals surface area contributed by atoms with Gasteiger partial charge in [0.1, 0.15) is 0 Å². The van der Waals surface area contributed by atoms with Crippen LogP contribution in [0.4, 0.5) is 0 Å². The Morgan fingerprint density at radius 3 is 2.29 bits per heavy atom. The van der Waals surface area contributed by atoms with Gasteiger partial charge in [0.15, 0.2) is 5.37 Å². The standard InChI is InChI=1S/C9H13NO6S/c1-3-7(17(14,15)16)10-9(13)6(2)4-5-8(11)12/h4-5,7H,2-3H2,1H3,(H,10,13)(H,11,12)(H,14,15,16). The van der Waals surface area contributed by atoms with Gasteiger partial charge in [0.2, 0.25) is 0 Å². The Morgan fingerprint density at radius 1 is 1.41 bits per heavy atom. The molecule has 0 rings (SSSR count). The average Bonchev–Trinajstić information content (AvgIpc) is 2.20. The fourth-order valence-electron chi connectivity index (χ4n) is 0.874. The third kappa shape index (κ3) is 5.83. The van der Waals surface area contributed by atoms with Crippen LogP contribution in [0.2, 0.25) is 0 Å². The number of aliphatic carboxylic acids is 1. The number of carbonyl (C=O) groups is 2. The topological polar surface area (TPSA) is 121 Å². The molecule has 0 saturated carbocycles. The van der Waals surface area contributed by atoms with Crippen LogP contribution in [0.5, 0.6) is 0 Å². The number of rotatable bonds is 6. The molecule has 96 valence electrons. The van der Waals surface area contributed by atoms with Crippen LogP contribution >= 0.6 is 0 Å². The highest BCUT2D eigenvalue weighted by Gasteiger charge is 2.23. The molecule has 0 aliphatic carbocycles. The van der Waals surface area contributed by atoms with Gasteiger partial charge >= 0.3 is 5.97 Å². The summed E-state index contributed by atoms with van der Waals surface area (Å²) < 4.78 is 30.3. The summed E-state index contributed by atoms with van der Waals surface area (Å²) in [6, 6.07) is 0. The first-order chi connectivity index (χ1) is 7.68. The Balaban J connectivity index is 4.65. The van der Waals surface area contributed by atoms with Gasteiger partial charge in [0.25, 0.3) is 16.0 Å². The quantitative estimate of drug-likeness (QED) is 0.350. The second-order valence-corrected chi connectivity index (χ2v) is 4.68. The highest BCUT2D eigenvalue weighted by Crippen LogP contribution is 2.02. The molecule has 0 aromatic rings. The fraction of sp³-hybridized carbons (Fsp3) is 0.333. The van der Waals surface area contributed by atoms with Crippen LogP contribution in [0.1, 0.15) is 13.3 Å². The molecule has 1 unspecified atom stereocenters. The molecule has 3 N–H and O–H groups in total. The second kappa shape index (κ2) is 6.16. The number of nitrogens with one attached hydrogen (secondary N) is 1. The van der Waals surface area contributed by atoms with Crippen LogP contribution in [-0.4, -0.2) is 35.3 Å². The van der Waals surface area contributed by atoms with Crippen LogP contribution in [0, 0.1) is 0 Å². The van der Waals surface area contributed by atoms with E-state index in [9.17, 15) is 18.0 Å². The van der Waals surface area contributed by atoms with E-state index in [1.165, 1.54) is 6.92 Å². The smallest absolute Gasteiger partial charge is 0.328 e. The van der Waals surface area contributed by atoms with Crippen LogP contribution in [0.25, 0.3) is 0 Å². The zero-order valence-electron chi connectivity index (χ0n) is 9.08. The summed E-state index contributed by atoms with van der Waals surface area (Å²) in [6.07, 6.45) is 1.59. The average molecular weight is 263 g/mol. The normalized spacial score (nSPS) is 13.3. The van der Waals surface area contributed by atoms with E-state index >= 15 is 0 Å². The minimum atomic E-state index is -4.39. The van der Waals surface area contributed by atoms with Crippen LogP contribution in [-0.2, 0) is 19.7 Å². The molecule has 8 heteroatoms. The van der Waals surface area contributed by atoms with E-state index in [4.69, 9.17) is 9.66 Å². The molecule has 0 radical (unpaired) electrons. The van der Waals surface area contributed by atoms with Gasteiger partial charge in [-0.05, 0) is 12.5 Å². The van der Waals surface area contributed by atoms with Gasteiger partial charge in [-0.2, -0.15) is 8.42 Å². The van der Waals surface area contributed by atoms with Crippen molar-refractivity contribution in [2.24, 2.45) is 0 Å². The highest BCUT2D eigenvalue weighted by molar-refractivity contribution is 7.86. The van der Waals surface area contributed by atoms with Gasteiger partial charge < -0.3 is 10.4 Å². The molecule has 0 aromatic carbocycles. The summed E-state index contributed by atoms with van der Waals surface area (Å²) in [4.78, 5) is 21.5. The van der Waals surface area contributed by atoms with Crippen molar-refractivity contribution in [2.45, 2.75) is 18.7 Å². The summed E-state index contributed by atoms with van der Waals surface area (Å²) in [6.45, 7) is 4.71. The zero-order valence-corrected chi connectivity index (χ0v) is 9.90. The van der Waals surface area contributed by atoms with E-state index in [1.54, 1.807) is 0 Å². The monoisotopic (exact) mass is 263 g/mol. The minimum Gasteiger partial charge on any atom is -0.478 e. The summed E-state index contributed by atoms with van der Waals surface area (Å²) >= 11 is 0. The van der Waals surface area contributed by atoms with E-state index in [0.29, 0.717) is 6.08 Å². The molecule has 1 amide bonds. The molecule has 0 bridgehead atoms. The van der Waals surface area contributed by atoms with E-state index in [-0.39, 0.29) is 12.0 Å². The summed E-state index contributed by atoms with van der Waals surface area (Å²) in [5.41, 5.74) is -0.227. The predicted molar refractivity (Wildman–Crippen MR) is 59.7 cm³/mol. The number of hydrogen-bond donors (Lipinski definition) is 3. The van der Waals surface area contributed by atoms with Crippen molar-refractivity contribution in [1.29, 1.82) is 0 Å². The number of carboxylic acid groups (broad SMARTS) is 1. The summed E-state index contributed by atoms with van der Waals surface area (Å²) in [5, 5.41) is 8.88. The van der Waals surface area contributed by atoms with Crippen molar-refractivity contribution in [3.05, 3.63) is 24.3 Å². The molecule has 0 fully saturated rings. The van der Waals surface area contributed by atoms with Crippen LogP contribution < -0.4 is 5.32 Å². The first kappa shape index (κ1) is 15.3. The molecule has 0 saturated heterocycles. The Labute approximate surface area is 98.6 Å². The third-order valence-corrected chi connectivity index (χ3v) is 2.91. The Kier molecular flexibility index (Phi) is 5.56. The van der Waals surface area contributed by atoms with Gasteiger partial charge in [-0.25, -0.2) is 4.79 Å². The molecule has 0 aromatic heterocycles. The Morgan fingerprint density at radius 2 is 1.94 bits per heavy atom. The Bertz CT molecular complexity index is 450. The van der Waals surface area contributed by atoms with Gasteiger partial charge in [-0.1, -0.05) is 13.5 Å². The first-order valence-electron chi connectivity index (χ1n) is 4.55. The first-order valence-corrected chi connectivity index (χ1v) is 6.05. The summed E-state index contributed by atoms with van der Waals surface area (Å²) in [5.74, 6) is -2.13. The zero-order chi connectivity index (χ0) is 13.6. The number of carboxylic acids is 1. The van der Waals surface area contributed by atoms with Crippen molar-refractivity contribution >= 4 is 22.0 Å². The van der Waals surface area contributed by atoms with Gasteiger partial charge in [0.05, 0.1) is 0 Å². The third-order valence-electron chi connectivity index (χ3n) is 1.74. The molecule has 17 heavy (non-hydrogen) atoms. The lowest BCUT2D eigenvalue weighted by Crippen LogP contribution is -2.40. The van der Waals surface area contributed by atoms with Gasteiger partial charge in [-0.3, -0.25) is 9.35 Å². The lowest BCUT2D eigenvalue weighted by atomic mass is 10.2. The maximum atomic E-state index is 11.3. The Hall–Kier alpha value is -1.67. The molecule has 0 aliphatic heterocycles. The van der Waals surface area contributed by atoms with Gasteiger partial charge in [-0.15, -0.1) is 0 Å². The van der Waals surface area contributed by atoms with Gasteiger partial charge in [0, 0.05) is 11.6 Å². The van der Waals surface area contributed by atoms with E-state index in [2.05, 4.69) is 6.58 Å². The highest BCUT2D eigenvalue weighted by atomic mass is 32.2. The summed E-state index contributed by atoms with van der Waals surface area (Å²) in [7, 11) is -4.39. The largest absolute Gasteiger partial charge is 0.478 e. The maximum absolute atomic E-state index is 11.3. The lowest BCUT2D eigenvalue weighted by Gasteiger charge is -2.13. The number of hydrogen-bond acceptors (Lipinski definition) is 4. The molecule has 0 heterocycles. The minimum absolute atomic E-state index is 0.0273. The van der Waals surface area contributed by atoms with Crippen molar-refractivity contribution in [2.75, 3.05) is 0 Å². The molecular weight excluding hydrogens is 250 g/mol. The lowest BCUT2D eigenvalue weighted by molar-refractivity contribution is -0.131. The van der Waals surface area contributed by atoms with E-state index in [0.717, 1.165) is 6.08 Å². The van der Waals surface area contributed by atoms with Crippen molar-refractivity contribution < 1.29 is 27.7 Å². The molecule has 1 atom stereocenters. The second-order valence-electron chi connectivity index (χ2n) is 3.08. The predicted octanol–water partition coefficient (Wildman–Crippen LogP) is -0.0765. The van der Waals surface area contributed by atoms with Crippen molar-refractivity contribution in [3.8, 4) is 0 Å². The van der Waals surface area contributed by atoms with Crippen molar-refractivity contribution in [3.63, 3.8) is 0 Å². The number of carbonyl (C=O) groups excluding carboxylic acids is 1. The van der Waals surface area contributed by atoms with Crippen LogP contribution in [0.15, 0.2) is 24.3 Å². The van der Waals surface area contributed by atoms with Crippen molar-refractivity contribution in [1.82, 2.24) is 5.32 Å².